The predicted octanol–water partition coefficient (Wildman–Crippen LogP) is 1.59. The van der Waals surface area contributed by atoms with Crippen molar-refractivity contribution in [3.63, 3.8) is 0 Å². The topological polar surface area (TPSA) is 75.1 Å². The van der Waals surface area contributed by atoms with Crippen LogP contribution in [0.3, 0.4) is 0 Å². The van der Waals surface area contributed by atoms with Gasteiger partial charge in [-0.05, 0) is 5.53 Å². The molecule has 0 spiro atoms. The van der Waals surface area contributed by atoms with Gasteiger partial charge in [0.05, 0.1) is 13.0 Å². The van der Waals surface area contributed by atoms with Gasteiger partial charge in [-0.15, -0.1) is 11.6 Å². The molecule has 0 rings (SSSR count). The molecule has 5 nitrogen and oxygen atoms in total. The minimum absolute atomic E-state index is 0.0147. The van der Waals surface area contributed by atoms with E-state index in [-0.39, 0.29) is 11.6 Å². The van der Waals surface area contributed by atoms with Crippen molar-refractivity contribution in [2.45, 2.75) is 0 Å². The number of halogens is 1. The van der Waals surface area contributed by atoms with E-state index in [9.17, 15) is 4.79 Å². The number of hydrogen-bond acceptors (Lipinski definition) is 3. The van der Waals surface area contributed by atoms with Gasteiger partial charge in [0.15, 0.2) is 0 Å². The number of carbonyl (C=O) groups is 1. The van der Waals surface area contributed by atoms with E-state index in [1.807, 2.05) is 0 Å². The zero-order valence-electron chi connectivity index (χ0n) is 5.82. The van der Waals surface area contributed by atoms with Gasteiger partial charge < -0.3 is 4.74 Å². The van der Waals surface area contributed by atoms with E-state index in [4.69, 9.17) is 17.1 Å². The summed E-state index contributed by atoms with van der Waals surface area (Å²) in [6.45, 7) is 0. The summed E-state index contributed by atoms with van der Waals surface area (Å²) in [4.78, 5) is 13.0. The third kappa shape index (κ3) is 4.25. The zero-order chi connectivity index (χ0) is 8.69. The maximum atomic E-state index is 10.5. The van der Waals surface area contributed by atoms with Crippen LogP contribution in [-0.2, 0) is 9.53 Å². The van der Waals surface area contributed by atoms with Crippen molar-refractivity contribution in [3.05, 3.63) is 22.2 Å². The van der Waals surface area contributed by atoms with Crippen LogP contribution in [0.5, 0.6) is 0 Å². The first-order valence-electron chi connectivity index (χ1n) is 2.64. The second-order valence-corrected chi connectivity index (χ2v) is 1.75. The Kier molecular flexibility index (Phi) is 4.98. The van der Waals surface area contributed by atoms with Gasteiger partial charge in [0.2, 0.25) is 0 Å². The monoisotopic (exact) mass is 175 g/mol. The first kappa shape index (κ1) is 9.81. The largest absolute Gasteiger partial charge is 0.466 e. The van der Waals surface area contributed by atoms with Crippen LogP contribution < -0.4 is 0 Å². The third-order valence-electron chi connectivity index (χ3n) is 0.796. The third-order valence-corrected chi connectivity index (χ3v) is 1.07. The number of esters is 1. The second-order valence-electron chi connectivity index (χ2n) is 1.48. The van der Waals surface area contributed by atoms with Crippen LogP contribution in [0.4, 0.5) is 0 Å². The highest BCUT2D eigenvalue weighted by atomic mass is 35.5. The number of methoxy groups -OCH3 is 1. The standard InChI is InChI=1S/C5H6ClN3O2/c1-11-5(10)2-4(3-6)8-9-7/h2H,3H2,1H3. The van der Waals surface area contributed by atoms with Crippen molar-refractivity contribution in [1.29, 1.82) is 0 Å². The molecule has 0 aliphatic rings. The molecule has 60 valence electrons. The fourth-order valence-corrected chi connectivity index (χ4v) is 0.477. The van der Waals surface area contributed by atoms with E-state index in [1.165, 1.54) is 7.11 Å². The average Bonchev–Trinajstić information content (AvgIpc) is 2.03. The number of rotatable bonds is 3. The predicted molar refractivity (Wildman–Crippen MR) is 40.0 cm³/mol. The number of carbonyl (C=O) groups excluding carboxylic acids is 1. The highest BCUT2D eigenvalue weighted by Gasteiger charge is 1.96. The normalized spacial score (nSPS) is 10.2. The van der Waals surface area contributed by atoms with E-state index in [0.717, 1.165) is 6.08 Å². The summed E-state index contributed by atoms with van der Waals surface area (Å²) in [6, 6.07) is 0. The molecule has 11 heavy (non-hydrogen) atoms. The molecule has 0 radical (unpaired) electrons. The Labute approximate surface area is 68.2 Å². The smallest absolute Gasteiger partial charge is 0.330 e. The molecule has 6 heteroatoms. The van der Waals surface area contributed by atoms with Crippen molar-refractivity contribution >= 4 is 17.6 Å². The lowest BCUT2D eigenvalue weighted by atomic mass is 10.4. The molecule has 0 aliphatic carbocycles. The van der Waals surface area contributed by atoms with Crippen LogP contribution >= 0.6 is 11.6 Å². The van der Waals surface area contributed by atoms with Crippen molar-refractivity contribution in [1.82, 2.24) is 0 Å². The molecule has 0 N–H and O–H groups in total. The van der Waals surface area contributed by atoms with Gasteiger partial charge in [-0.3, -0.25) is 0 Å². The SMILES string of the molecule is COC(=O)C=C(CCl)N=[N+]=[N-]. The van der Waals surface area contributed by atoms with E-state index in [2.05, 4.69) is 14.8 Å². The number of nitrogens with zero attached hydrogens (tertiary/aromatic N) is 3. The average molecular weight is 176 g/mol. The fourth-order valence-electron chi connectivity index (χ4n) is 0.347. The maximum Gasteiger partial charge on any atom is 0.330 e. The highest BCUT2D eigenvalue weighted by Crippen LogP contribution is 2.00. The van der Waals surface area contributed by atoms with Crippen molar-refractivity contribution in [2.75, 3.05) is 13.0 Å². The number of alkyl halides is 1. The van der Waals surface area contributed by atoms with Gasteiger partial charge in [0.1, 0.15) is 0 Å². The van der Waals surface area contributed by atoms with E-state index >= 15 is 0 Å². The van der Waals surface area contributed by atoms with Gasteiger partial charge in [0.25, 0.3) is 0 Å². The Morgan fingerprint density at radius 1 is 1.91 bits per heavy atom. The summed E-state index contributed by atoms with van der Waals surface area (Å²) >= 11 is 5.31. The Bertz CT molecular complexity index is 220. The van der Waals surface area contributed by atoms with Gasteiger partial charge in [0, 0.05) is 16.7 Å². The summed E-state index contributed by atoms with van der Waals surface area (Å²) in [5.41, 5.74) is 8.10. The molecule has 0 atom stereocenters. The number of azide groups is 1. The van der Waals surface area contributed by atoms with Crippen molar-refractivity contribution in [2.24, 2.45) is 5.11 Å². The van der Waals surface area contributed by atoms with Crippen LogP contribution in [0, 0.1) is 0 Å². The Hall–Kier alpha value is -1.19. The highest BCUT2D eigenvalue weighted by molar-refractivity contribution is 6.19. The van der Waals surface area contributed by atoms with Crippen LogP contribution in [0.15, 0.2) is 16.9 Å². The fraction of sp³-hybridized carbons (Fsp3) is 0.400. The molecule has 0 bridgehead atoms. The van der Waals surface area contributed by atoms with Crippen LogP contribution in [0.25, 0.3) is 10.4 Å². The summed E-state index contributed by atoms with van der Waals surface area (Å²) < 4.78 is 4.27. The van der Waals surface area contributed by atoms with Crippen LogP contribution in [-0.4, -0.2) is 19.0 Å². The van der Waals surface area contributed by atoms with Crippen LogP contribution in [0.1, 0.15) is 0 Å². The van der Waals surface area contributed by atoms with E-state index in [0.29, 0.717) is 0 Å². The lowest BCUT2D eigenvalue weighted by Crippen LogP contribution is -1.96. The second kappa shape index (κ2) is 5.58. The molecule has 0 fully saturated rings. The molecule has 0 saturated carbocycles. The number of allylic oxidation sites excluding steroid dienone is 1. The first-order chi connectivity index (χ1) is 5.24. The van der Waals surface area contributed by atoms with Crippen molar-refractivity contribution in [3.8, 4) is 0 Å². The van der Waals surface area contributed by atoms with Gasteiger partial charge in [-0.1, -0.05) is 5.11 Å². The molecule has 0 aromatic heterocycles. The Balaban J connectivity index is 4.34. The quantitative estimate of drug-likeness (QED) is 0.163. The summed E-state index contributed by atoms with van der Waals surface area (Å²) in [6.07, 6.45) is 1.03. The van der Waals surface area contributed by atoms with Crippen molar-refractivity contribution < 1.29 is 9.53 Å². The Morgan fingerprint density at radius 2 is 2.55 bits per heavy atom. The first-order valence-corrected chi connectivity index (χ1v) is 3.17. The lowest BCUT2D eigenvalue weighted by Gasteiger charge is -1.92. The molecular formula is C5H6ClN3O2. The summed E-state index contributed by atoms with van der Waals surface area (Å²) in [7, 11) is 1.22. The molecule has 0 unspecified atom stereocenters. The molecule has 0 amide bonds. The molecule has 0 saturated heterocycles. The molecule has 0 heterocycles. The number of ether oxygens (including phenoxy) is 1. The molecule has 0 aromatic rings. The zero-order valence-corrected chi connectivity index (χ0v) is 6.58. The van der Waals surface area contributed by atoms with Gasteiger partial charge in [-0.25, -0.2) is 4.79 Å². The molecule has 0 aromatic carbocycles. The Morgan fingerprint density at radius 3 is 2.91 bits per heavy atom. The van der Waals surface area contributed by atoms with Gasteiger partial charge >= 0.3 is 5.97 Å². The maximum absolute atomic E-state index is 10.5. The molecule has 0 aliphatic heterocycles. The lowest BCUT2D eigenvalue weighted by molar-refractivity contribution is -0.134. The van der Waals surface area contributed by atoms with Gasteiger partial charge in [-0.2, -0.15) is 0 Å². The van der Waals surface area contributed by atoms with E-state index in [1.54, 1.807) is 0 Å². The minimum atomic E-state index is -0.590. The summed E-state index contributed by atoms with van der Waals surface area (Å²) in [5, 5.41) is 3.14. The molecular weight excluding hydrogens is 170 g/mol. The minimum Gasteiger partial charge on any atom is -0.466 e. The van der Waals surface area contributed by atoms with Crippen LogP contribution in [0.2, 0.25) is 0 Å². The summed E-state index contributed by atoms with van der Waals surface area (Å²) in [5.74, 6) is -0.604. The van der Waals surface area contributed by atoms with E-state index < -0.39 is 5.97 Å². The number of hydrogen-bond donors (Lipinski definition) is 0.